The standard InChI is InChI=1S/C15H21N3O3/c1-2-11-5-3-4-6-12(11)17-14(19)15(13(16)18-20)7-9-21-10-8-15/h3-6,20H,2,7-10H2,1H3,(H2,16,18)(H,17,19). The van der Waals surface area contributed by atoms with Crippen molar-refractivity contribution in [3.05, 3.63) is 29.8 Å². The molecule has 0 atom stereocenters. The van der Waals surface area contributed by atoms with Gasteiger partial charge in [-0.3, -0.25) is 4.79 Å². The van der Waals surface area contributed by atoms with Crippen LogP contribution in [0.4, 0.5) is 5.69 Å². The van der Waals surface area contributed by atoms with Crippen molar-refractivity contribution in [3.63, 3.8) is 0 Å². The Balaban J connectivity index is 2.27. The molecule has 0 spiro atoms. The van der Waals surface area contributed by atoms with E-state index in [-0.39, 0.29) is 11.7 Å². The Kier molecular flexibility index (Phi) is 4.80. The molecular formula is C15H21N3O3. The molecule has 1 aromatic rings. The molecule has 0 bridgehead atoms. The van der Waals surface area contributed by atoms with Crippen LogP contribution in [0, 0.1) is 5.41 Å². The molecule has 6 nitrogen and oxygen atoms in total. The number of aryl methyl sites for hydroxylation is 1. The lowest BCUT2D eigenvalue weighted by Crippen LogP contribution is -2.50. The monoisotopic (exact) mass is 291 g/mol. The van der Waals surface area contributed by atoms with Gasteiger partial charge in [-0.05, 0) is 30.9 Å². The summed E-state index contributed by atoms with van der Waals surface area (Å²) >= 11 is 0. The number of nitrogens with zero attached hydrogens (tertiary/aromatic N) is 1. The lowest BCUT2D eigenvalue weighted by molar-refractivity contribution is -0.126. The number of hydrogen-bond donors (Lipinski definition) is 3. The van der Waals surface area contributed by atoms with Crippen molar-refractivity contribution in [2.45, 2.75) is 26.2 Å². The number of para-hydroxylation sites is 1. The van der Waals surface area contributed by atoms with E-state index in [9.17, 15) is 4.79 Å². The van der Waals surface area contributed by atoms with Gasteiger partial charge < -0.3 is 21.0 Å². The number of nitrogens with one attached hydrogen (secondary N) is 1. The number of rotatable bonds is 4. The summed E-state index contributed by atoms with van der Waals surface area (Å²) in [5, 5.41) is 15.0. The highest BCUT2D eigenvalue weighted by Gasteiger charge is 2.44. The maximum absolute atomic E-state index is 12.7. The molecular weight excluding hydrogens is 270 g/mol. The number of carbonyl (C=O) groups is 1. The molecule has 0 aromatic heterocycles. The number of amides is 1. The van der Waals surface area contributed by atoms with Crippen LogP contribution < -0.4 is 11.1 Å². The zero-order valence-electron chi connectivity index (χ0n) is 12.1. The van der Waals surface area contributed by atoms with Gasteiger partial charge in [0.25, 0.3) is 0 Å². The first-order valence-electron chi connectivity index (χ1n) is 7.09. The number of anilines is 1. The summed E-state index contributed by atoms with van der Waals surface area (Å²) in [6, 6.07) is 7.63. The molecule has 1 aliphatic heterocycles. The van der Waals surface area contributed by atoms with Crippen LogP contribution in [0.3, 0.4) is 0 Å². The highest BCUT2D eigenvalue weighted by Crippen LogP contribution is 2.33. The number of benzene rings is 1. The highest BCUT2D eigenvalue weighted by atomic mass is 16.5. The first kappa shape index (κ1) is 15.3. The molecule has 2 rings (SSSR count). The molecule has 1 saturated heterocycles. The van der Waals surface area contributed by atoms with Gasteiger partial charge in [0, 0.05) is 18.9 Å². The zero-order chi connectivity index (χ0) is 15.3. The summed E-state index contributed by atoms with van der Waals surface area (Å²) in [6.07, 6.45) is 1.63. The molecule has 0 saturated carbocycles. The lowest BCUT2D eigenvalue weighted by atomic mass is 9.78. The minimum absolute atomic E-state index is 0.0581. The Bertz CT molecular complexity index is 537. The predicted molar refractivity (Wildman–Crippen MR) is 80.3 cm³/mol. The Morgan fingerprint density at radius 1 is 1.43 bits per heavy atom. The van der Waals surface area contributed by atoms with Crippen molar-refractivity contribution in [1.29, 1.82) is 0 Å². The second-order valence-electron chi connectivity index (χ2n) is 5.14. The van der Waals surface area contributed by atoms with Gasteiger partial charge in [-0.1, -0.05) is 30.3 Å². The topological polar surface area (TPSA) is 96.9 Å². The van der Waals surface area contributed by atoms with E-state index in [1.165, 1.54) is 0 Å². The Hall–Kier alpha value is -2.08. The molecule has 1 fully saturated rings. The maximum atomic E-state index is 12.7. The predicted octanol–water partition coefficient (Wildman–Crippen LogP) is 1.73. The van der Waals surface area contributed by atoms with Crippen LogP contribution in [0.25, 0.3) is 0 Å². The van der Waals surface area contributed by atoms with Crippen LogP contribution in [0.15, 0.2) is 29.4 Å². The van der Waals surface area contributed by atoms with E-state index >= 15 is 0 Å². The average molecular weight is 291 g/mol. The number of carbonyl (C=O) groups excluding carboxylic acids is 1. The zero-order valence-corrected chi connectivity index (χ0v) is 12.1. The van der Waals surface area contributed by atoms with Crippen molar-refractivity contribution in [3.8, 4) is 0 Å². The minimum Gasteiger partial charge on any atom is -0.409 e. The van der Waals surface area contributed by atoms with Gasteiger partial charge in [0.1, 0.15) is 5.41 Å². The van der Waals surface area contributed by atoms with E-state index in [1.807, 2.05) is 31.2 Å². The van der Waals surface area contributed by atoms with Crippen molar-refractivity contribution < 1.29 is 14.7 Å². The summed E-state index contributed by atoms with van der Waals surface area (Å²) in [5.74, 6) is -0.306. The summed E-state index contributed by atoms with van der Waals surface area (Å²) < 4.78 is 5.29. The van der Waals surface area contributed by atoms with Crippen LogP contribution in [-0.2, 0) is 16.0 Å². The third-order valence-corrected chi connectivity index (χ3v) is 4.03. The molecule has 6 heteroatoms. The van der Waals surface area contributed by atoms with Crippen LogP contribution >= 0.6 is 0 Å². The van der Waals surface area contributed by atoms with Crippen LogP contribution in [0.2, 0.25) is 0 Å². The Labute approximate surface area is 124 Å². The number of hydrogen-bond acceptors (Lipinski definition) is 4. The first-order chi connectivity index (χ1) is 10.1. The maximum Gasteiger partial charge on any atom is 0.238 e. The molecule has 1 aliphatic rings. The fourth-order valence-corrected chi connectivity index (χ4v) is 2.61. The third-order valence-electron chi connectivity index (χ3n) is 4.03. The van der Waals surface area contributed by atoms with E-state index in [0.717, 1.165) is 17.7 Å². The second-order valence-corrected chi connectivity index (χ2v) is 5.14. The SMILES string of the molecule is CCc1ccccc1NC(=O)C1(C(N)=NO)CCOCC1. The molecule has 0 unspecified atom stereocenters. The summed E-state index contributed by atoms with van der Waals surface area (Å²) in [6.45, 7) is 2.86. The first-order valence-corrected chi connectivity index (χ1v) is 7.09. The molecule has 0 radical (unpaired) electrons. The van der Waals surface area contributed by atoms with E-state index < -0.39 is 5.41 Å². The molecule has 1 heterocycles. The summed E-state index contributed by atoms with van der Waals surface area (Å²) in [4.78, 5) is 12.7. The molecule has 21 heavy (non-hydrogen) atoms. The van der Waals surface area contributed by atoms with Gasteiger partial charge in [0.2, 0.25) is 5.91 Å². The van der Waals surface area contributed by atoms with Gasteiger partial charge in [-0.25, -0.2) is 0 Å². The van der Waals surface area contributed by atoms with Crippen LogP contribution in [-0.4, -0.2) is 30.2 Å². The number of nitrogens with two attached hydrogens (primary N) is 1. The molecule has 4 N–H and O–H groups in total. The number of amidine groups is 1. The van der Waals surface area contributed by atoms with Crippen molar-refractivity contribution in [2.75, 3.05) is 18.5 Å². The third kappa shape index (κ3) is 3.00. The van der Waals surface area contributed by atoms with E-state index in [4.69, 9.17) is 15.7 Å². The van der Waals surface area contributed by atoms with Gasteiger partial charge in [0.05, 0.1) is 0 Å². The van der Waals surface area contributed by atoms with Crippen LogP contribution in [0.5, 0.6) is 0 Å². The van der Waals surface area contributed by atoms with E-state index in [1.54, 1.807) is 0 Å². The Morgan fingerprint density at radius 3 is 2.71 bits per heavy atom. The minimum atomic E-state index is -1.01. The van der Waals surface area contributed by atoms with Crippen molar-refractivity contribution in [2.24, 2.45) is 16.3 Å². The van der Waals surface area contributed by atoms with Crippen LogP contribution in [0.1, 0.15) is 25.3 Å². The van der Waals surface area contributed by atoms with E-state index in [0.29, 0.717) is 26.1 Å². The summed E-state index contributed by atoms with van der Waals surface area (Å²) in [7, 11) is 0. The fourth-order valence-electron chi connectivity index (χ4n) is 2.61. The van der Waals surface area contributed by atoms with Gasteiger partial charge in [-0.15, -0.1) is 0 Å². The van der Waals surface area contributed by atoms with Gasteiger partial charge in [0.15, 0.2) is 5.84 Å². The molecule has 0 aliphatic carbocycles. The van der Waals surface area contributed by atoms with Crippen molar-refractivity contribution >= 4 is 17.4 Å². The Morgan fingerprint density at radius 2 is 2.10 bits per heavy atom. The van der Waals surface area contributed by atoms with Gasteiger partial charge in [-0.2, -0.15) is 0 Å². The molecule has 1 amide bonds. The largest absolute Gasteiger partial charge is 0.409 e. The molecule has 1 aromatic carbocycles. The number of oxime groups is 1. The van der Waals surface area contributed by atoms with Crippen molar-refractivity contribution in [1.82, 2.24) is 0 Å². The average Bonchev–Trinajstić information content (AvgIpc) is 2.55. The molecule has 114 valence electrons. The fraction of sp³-hybridized carbons (Fsp3) is 0.467. The normalized spacial score (nSPS) is 18.2. The van der Waals surface area contributed by atoms with Gasteiger partial charge >= 0.3 is 0 Å². The summed E-state index contributed by atoms with van der Waals surface area (Å²) in [5.41, 5.74) is 6.60. The number of ether oxygens (including phenoxy) is 1. The smallest absolute Gasteiger partial charge is 0.238 e. The quantitative estimate of drug-likeness (QED) is 0.340. The van der Waals surface area contributed by atoms with E-state index in [2.05, 4.69) is 10.5 Å². The lowest BCUT2D eigenvalue weighted by Gasteiger charge is -2.34. The second kappa shape index (κ2) is 6.58. The highest BCUT2D eigenvalue weighted by molar-refractivity contribution is 6.12.